The van der Waals surface area contributed by atoms with Crippen molar-refractivity contribution in [3.05, 3.63) is 86.2 Å². The van der Waals surface area contributed by atoms with Gasteiger partial charge in [-0.3, -0.25) is 4.79 Å². The summed E-state index contributed by atoms with van der Waals surface area (Å²) in [6.45, 7) is 6.15. The van der Waals surface area contributed by atoms with Crippen LogP contribution in [-0.4, -0.2) is 57.8 Å². The summed E-state index contributed by atoms with van der Waals surface area (Å²) >= 11 is 6.36. The molecule has 0 bridgehead atoms. The number of piperazine rings is 1. The lowest BCUT2D eigenvalue weighted by Gasteiger charge is -2.35. The number of aliphatic hydroxyl groups is 1. The topological polar surface area (TPSA) is 114 Å². The Balaban J connectivity index is 1.17. The highest BCUT2D eigenvalue weighted by Gasteiger charge is 2.45. The zero-order chi connectivity index (χ0) is 30.7. The summed E-state index contributed by atoms with van der Waals surface area (Å²) < 4.78 is 12.6. The first-order valence-corrected chi connectivity index (χ1v) is 15.2. The number of amides is 1. The Kier molecular flexibility index (Phi) is 6.86. The number of hydrogen-bond donors (Lipinski definition) is 1. The Morgan fingerprint density at radius 1 is 1.07 bits per heavy atom. The molecule has 1 atom stereocenters. The molecule has 0 aliphatic carbocycles. The van der Waals surface area contributed by atoms with Gasteiger partial charge in [0, 0.05) is 42.7 Å². The minimum atomic E-state index is -1.88. The van der Waals surface area contributed by atoms with Crippen LogP contribution >= 0.6 is 11.6 Å². The molecule has 2 aromatic carbocycles. The van der Waals surface area contributed by atoms with Gasteiger partial charge in [0.25, 0.3) is 5.56 Å². The predicted octanol–water partition coefficient (Wildman–Crippen LogP) is 4.62. The minimum absolute atomic E-state index is 0.0818. The molecule has 5 heterocycles. The average Bonchev–Trinajstić information content (AvgIpc) is 3.40. The Morgan fingerprint density at radius 3 is 2.57 bits per heavy atom. The van der Waals surface area contributed by atoms with Crippen LogP contribution in [0.1, 0.15) is 42.5 Å². The molecule has 3 aliphatic rings. The summed E-state index contributed by atoms with van der Waals surface area (Å²) in [7, 11) is 0. The summed E-state index contributed by atoms with van der Waals surface area (Å²) in [6, 6.07) is 14.8. The SMILES string of the molecule is CCc1c2c(nc3ccc(OC(=O)N4CCN(c5ccccc5Cl)CC4)cc13)-c1cc3c(c(=O)n1C2)COC(=O)[C@]3(O)CC. The van der Waals surface area contributed by atoms with E-state index < -0.39 is 17.7 Å². The standard InChI is InChI=1S/C33H31ClN4O6/c1-3-20-21-15-19(44-32(41)37-13-11-36(12-14-37)27-8-6-5-7-25(27)34)9-10-26(21)35-29-22(20)17-38-28(29)16-24-23(30(38)39)18-43-31(40)33(24,42)4-2/h5-10,15-16,42H,3-4,11-14,17-18H2,1-2H3/t33-/m0/s1. The highest BCUT2D eigenvalue weighted by molar-refractivity contribution is 6.33. The number of pyridine rings is 2. The van der Waals surface area contributed by atoms with Gasteiger partial charge in [-0.2, -0.15) is 0 Å². The van der Waals surface area contributed by atoms with Crippen LogP contribution in [0.2, 0.25) is 5.02 Å². The number of fused-ring (bicyclic) bond motifs is 5. The molecule has 2 aromatic heterocycles. The lowest BCUT2D eigenvalue weighted by molar-refractivity contribution is -0.172. The van der Waals surface area contributed by atoms with Crippen molar-refractivity contribution in [2.24, 2.45) is 0 Å². The van der Waals surface area contributed by atoms with Gasteiger partial charge in [-0.15, -0.1) is 0 Å². The van der Waals surface area contributed by atoms with Gasteiger partial charge in [-0.1, -0.05) is 37.6 Å². The largest absolute Gasteiger partial charge is 0.458 e. The molecular formula is C33H31ClN4O6. The summed E-state index contributed by atoms with van der Waals surface area (Å²) in [4.78, 5) is 48.0. The van der Waals surface area contributed by atoms with E-state index in [0.717, 1.165) is 22.2 Å². The van der Waals surface area contributed by atoms with Crippen molar-refractivity contribution in [2.45, 2.75) is 45.4 Å². The number of benzene rings is 2. The zero-order valence-electron chi connectivity index (χ0n) is 24.4. The maximum absolute atomic E-state index is 13.6. The van der Waals surface area contributed by atoms with Crippen molar-refractivity contribution in [1.29, 1.82) is 0 Å². The maximum atomic E-state index is 13.6. The molecule has 0 spiro atoms. The van der Waals surface area contributed by atoms with Crippen LogP contribution < -0.4 is 15.2 Å². The van der Waals surface area contributed by atoms with E-state index in [1.165, 1.54) is 0 Å². The van der Waals surface area contributed by atoms with E-state index in [0.29, 0.717) is 66.8 Å². The molecular weight excluding hydrogens is 584 g/mol. The predicted molar refractivity (Wildman–Crippen MR) is 165 cm³/mol. The third kappa shape index (κ3) is 4.35. The highest BCUT2D eigenvalue weighted by atomic mass is 35.5. The normalized spacial score (nSPS) is 19.0. The lowest BCUT2D eigenvalue weighted by atomic mass is 9.86. The van der Waals surface area contributed by atoms with Crippen LogP contribution in [-0.2, 0) is 34.7 Å². The van der Waals surface area contributed by atoms with Crippen molar-refractivity contribution in [3.63, 3.8) is 0 Å². The van der Waals surface area contributed by atoms with Crippen LogP contribution in [0.3, 0.4) is 0 Å². The molecule has 0 saturated carbocycles. The van der Waals surface area contributed by atoms with Gasteiger partial charge < -0.3 is 28.9 Å². The molecule has 1 N–H and O–H groups in total. The van der Waals surface area contributed by atoms with Crippen molar-refractivity contribution < 1.29 is 24.2 Å². The Labute approximate surface area is 258 Å². The molecule has 1 saturated heterocycles. The number of halogens is 1. The smallest absolute Gasteiger partial charge is 0.415 e. The van der Waals surface area contributed by atoms with E-state index >= 15 is 0 Å². The summed E-state index contributed by atoms with van der Waals surface area (Å²) in [5, 5.41) is 12.7. The number of para-hydroxylation sites is 1. The number of carbonyl (C=O) groups excluding carboxylic acids is 2. The van der Waals surface area contributed by atoms with Crippen LogP contribution in [0.25, 0.3) is 22.3 Å². The summed E-state index contributed by atoms with van der Waals surface area (Å²) in [6.07, 6.45) is 0.324. The molecule has 4 aromatic rings. The van der Waals surface area contributed by atoms with Crippen molar-refractivity contribution >= 4 is 40.3 Å². The molecule has 1 amide bonds. The van der Waals surface area contributed by atoms with Gasteiger partial charge in [0.15, 0.2) is 5.60 Å². The molecule has 3 aliphatic heterocycles. The maximum Gasteiger partial charge on any atom is 0.415 e. The van der Waals surface area contributed by atoms with Gasteiger partial charge in [0.05, 0.1) is 39.7 Å². The Morgan fingerprint density at radius 2 is 1.84 bits per heavy atom. The van der Waals surface area contributed by atoms with Crippen molar-refractivity contribution in [2.75, 3.05) is 31.1 Å². The number of cyclic esters (lactones) is 1. The number of carbonyl (C=O) groups is 2. The molecule has 226 valence electrons. The van der Waals surface area contributed by atoms with Gasteiger partial charge in [-0.25, -0.2) is 14.6 Å². The Hall–Kier alpha value is -4.41. The monoisotopic (exact) mass is 614 g/mol. The number of nitrogens with zero attached hydrogens (tertiary/aromatic N) is 4. The van der Waals surface area contributed by atoms with Gasteiger partial charge in [0.1, 0.15) is 12.4 Å². The fourth-order valence-corrected chi connectivity index (χ4v) is 6.87. The second kappa shape index (κ2) is 10.6. The van der Waals surface area contributed by atoms with E-state index in [1.807, 2.05) is 43.3 Å². The fourth-order valence-electron chi connectivity index (χ4n) is 6.61. The number of hydrogen-bond acceptors (Lipinski definition) is 8. The van der Waals surface area contributed by atoms with Crippen molar-refractivity contribution in [3.8, 4) is 17.1 Å². The zero-order valence-corrected chi connectivity index (χ0v) is 25.2. The number of anilines is 1. The number of rotatable bonds is 4. The van der Waals surface area contributed by atoms with Crippen LogP contribution in [0.15, 0.2) is 53.3 Å². The van der Waals surface area contributed by atoms with E-state index in [-0.39, 0.29) is 29.7 Å². The van der Waals surface area contributed by atoms with Gasteiger partial charge in [0.2, 0.25) is 0 Å². The van der Waals surface area contributed by atoms with Gasteiger partial charge >= 0.3 is 12.1 Å². The van der Waals surface area contributed by atoms with Gasteiger partial charge in [-0.05, 0) is 54.8 Å². The number of aromatic nitrogens is 2. The molecule has 0 radical (unpaired) electrons. The first kappa shape index (κ1) is 28.4. The molecule has 11 heteroatoms. The number of ether oxygens (including phenoxy) is 2. The summed E-state index contributed by atoms with van der Waals surface area (Å²) in [5.41, 5.74) is 3.14. The van der Waals surface area contributed by atoms with Crippen LogP contribution in [0, 0.1) is 0 Å². The third-order valence-corrected chi connectivity index (χ3v) is 9.39. The number of esters is 1. The quantitative estimate of drug-likeness (QED) is 0.292. The lowest BCUT2D eigenvalue weighted by Crippen LogP contribution is -2.49. The fraction of sp³-hybridized carbons (Fsp3) is 0.333. The van der Waals surface area contributed by atoms with E-state index in [9.17, 15) is 19.5 Å². The Bertz CT molecular complexity index is 1920. The van der Waals surface area contributed by atoms with Crippen molar-refractivity contribution in [1.82, 2.24) is 14.5 Å². The third-order valence-electron chi connectivity index (χ3n) is 9.07. The second-order valence-electron chi connectivity index (χ2n) is 11.3. The summed E-state index contributed by atoms with van der Waals surface area (Å²) in [5.74, 6) is -0.334. The van der Waals surface area contributed by atoms with E-state index in [1.54, 1.807) is 28.5 Å². The first-order chi connectivity index (χ1) is 21.2. The average molecular weight is 615 g/mol. The van der Waals surface area contributed by atoms with Crippen LogP contribution in [0.4, 0.5) is 10.5 Å². The molecule has 44 heavy (non-hydrogen) atoms. The van der Waals surface area contributed by atoms with E-state index in [2.05, 4.69) is 4.90 Å². The molecule has 10 nitrogen and oxygen atoms in total. The van der Waals surface area contributed by atoms with E-state index in [4.69, 9.17) is 26.1 Å². The van der Waals surface area contributed by atoms with Crippen LogP contribution in [0.5, 0.6) is 5.75 Å². The second-order valence-corrected chi connectivity index (χ2v) is 11.8. The highest BCUT2D eigenvalue weighted by Crippen LogP contribution is 2.41. The molecule has 1 fully saturated rings. The minimum Gasteiger partial charge on any atom is -0.458 e. The molecule has 7 rings (SSSR count). The number of aryl methyl sites for hydroxylation is 1. The molecule has 0 unspecified atom stereocenters. The first-order valence-electron chi connectivity index (χ1n) is 14.8.